The Morgan fingerprint density at radius 1 is 1.19 bits per heavy atom. The summed E-state index contributed by atoms with van der Waals surface area (Å²) in [4.78, 5) is 15.3. The minimum absolute atomic E-state index is 0.321. The van der Waals surface area contributed by atoms with Crippen LogP contribution >= 0.6 is 0 Å². The van der Waals surface area contributed by atoms with Gasteiger partial charge in [0, 0.05) is 6.92 Å². The smallest absolute Gasteiger partial charge is 0.346 e. The molecule has 21 heavy (non-hydrogen) atoms. The van der Waals surface area contributed by atoms with Crippen LogP contribution in [0.3, 0.4) is 0 Å². The molecule has 0 amide bonds. The van der Waals surface area contributed by atoms with Crippen molar-refractivity contribution in [3.05, 3.63) is 65.4 Å². The largest absolute Gasteiger partial charge is 0.408 e. The zero-order valence-electron chi connectivity index (χ0n) is 14.1. The third-order valence-electron chi connectivity index (χ3n) is 1.99. The highest BCUT2D eigenvalue weighted by Crippen LogP contribution is 2.05. The fraction of sp³-hybridized carbons (Fsp3) is 0.333. The van der Waals surface area contributed by atoms with E-state index in [-0.39, 0.29) is 5.63 Å². The summed E-state index contributed by atoms with van der Waals surface area (Å²) in [7, 11) is 0. The summed E-state index contributed by atoms with van der Waals surface area (Å²) in [5.41, 5.74) is 1.38. The summed E-state index contributed by atoms with van der Waals surface area (Å²) in [5.74, 6) is 0.402. The topological polar surface area (TPSA) is 43.1 Å². The minimum atomic E-state index is -0.321. The second-order valence-corrected chi connectivity index (χ2v) is 3.59. The number of hydrogen-bond acceptors (Lipinski definition) is 3. The first-order valence-electron chi connectivity index (χ1n) is 7.19. The van der Waals surface area contributed by atoms with E-state index < -0.39 is 0 Å². The SMILES string of the molecule is C=CC(=C)C.CC.CC.Cc1nc2ccccc2c(=O)o1. The Morgan fingerprint density at radius 2 is 1.67 bits per heavy atom. The van der Waals surface area contributed by atoms with Crippen molar-refractivity contribution < 1.29 is 4.42 Å². The molecule has 0 aliphatic rings. The van der Waals surface area contributed by atoms with E-state index in [9.17, 15) is 4.79 Å². The van der Waals surface area contributed by atoms with E-state index in [4.69, 9.17) is 4.42 Å². The Hall–Kier alpha value is -2.16. The first-order valence-corrected chi connectivity index (χ1v) is 7.19. The molecule has 0 saturated heterocycles. The van der Waals surface area contributed by atoms with Gasteiger partial charge in [0.15, 0.2) is 5.89 Å². The van der Waals surface area contributed by atoms with Crippen molar-refractivity contribution in [2.24, 2.45) is 0 Å². The van der Waals surface area contributed by atoms with Gasteiger partial charge < -0.3 is 4.42 Å². The molecule has 1 aromatic carbocycles. The van der Waals surface area contributed by atoms with E-state index in [1.54, 1.807) is 31.2 Å². The summed E-state index contributed by atoms with van der Waals surface area (Å²) in [5, 5.41) is 0.531. The van der Waals surface area contributed by atoms with Gasteiger partial charge in [-0.2, -0.15) is 0 Å². The van der Waals surface area contributed by atoms with Crippen molar-refractivity contribution in [3.8, 4) is 0 Å². The molecule has 0 aliphatic heterocycles. The molecular formula is C18H27NO2. The molecule has 0 aliphatic carbocycles. The van der Waals surface area contributed by atoms with Crippen molar-refractivity contribution in [2.75, 3.05) is 0 Å². The lowest BCUT2D eigenvalue weighted by Crippen LogP contribution is -2.02. The van der Waals surface area contributed by atoms with E-state index in [1.807, 2.05) is 40.7 Å². The maximum absolute atomic E-state index is 11.2. The predicted octanol–water partition coefficient (Wildman–Crippen LogP) is 5.30. The molecule has 0 unspecified atom stereocenters. The second kappa shape index (κ2) is 12.9. The third kappa shape index (κ3) is 8.58. The molecule has 1 heterocycles. The third-order valence-corrected chi connectivity index (χ3v) is 1.99. The maximum Gasteiger partial charge on any atom is 0.346 e. The van der Waals surface area contributed by atoms with E-state index in [2.05, 4.69) is 18.1 Å². The molecule has 0 radical (unpaired) electrons. The lowest BCUT2D eigenvalue weighted by molar-refractivity contribution is 0.467. The van der Waals surface area contributed by atoms with Gasteiger partial charge in [0.2, 0.25) is 0 Å². The Morgan fingerprint density at radius 3 is 2.14 bits per heavy atom. The Balaban J connectivity index is 0. The lowest BCUT2D eigenvalue weighted by atomic mass is 10.2. The Labute approximate surface area is 128 Å². The van der Waals surface area contributed by atoms with Gasteiger partial charge in [-0.3, -0.25) is 0 Å². The van der Waals surface area contributed by atoms with Crippen molar-refractivity contribution in [1.29, 1.82) is 0 Å². The van der Waals surface area contributed by atoms with Gasteiger partial charge in [-0.1, -0.05) is 64.6 Å². The summed E-state index contributed by atoms with van der Waals surface area (Å²) >= 11 is 0. The molecule has 0 spiro atoms. The number of nitrogens with zero attached hydrogens (tertiary/aromatic N) is 1. The molecule has 3 heteroatoms. The van der Waals surface area contributed by atoms with Crippen LogP contribution in [0.1, 0.15) is 40.5 Å². The average molecular weight is 289 g/mol. The molecule has 0 saturated carbocycles. The van der Waals surface area contributed by atoms with Crippen molar-refractivity contribution in [2.45, 2.75) is 41.5 Å². The van der Waals surface area contributed by atoms with Gasteiger partial charge in [0.05, 0.1) is 10.9 Å². The number of aryl methyl sites for hydroxylation is 1. The average Bonchev–Trinajstić information content (AvgIpc) is 2.51. The number of hydrogen-bond donors (Lipinski definition) is 0. The van der Waals surface area contributed by atoms with Gasteiger partial charge in [-0.15, -0.1) is 0 Å². The standard InChI is InChI=1S/C9H7NO2.C5H8.2C2H6/c1-6-10-8-5-3-2-4-7(8)9(11)12-6;1-4-5(2)3;2*1-2/h2-5H,1H3;4H,1-2H2,3H3;2*1-2H3. The first-order chi connectivity index (χ1) is 10.0. The number of aromatic nitrogens is 1. The summed E-state index contributed by atoms with van der Waals surface area (Å²) in [6, 6.07) is 7.12. The van der Waals surface area contributed by atoms with Crippen LogP contribution in [0.4, 0.5) is 0 Å². The molecule has 3 nitrogen and oxygen atoms in total. The van der Waals surface area contributed by atoms with Gasteiger partial charge >= 0.3 is 5.63 Å². The highest BCUT2D eigenvalue weighted by atomic mass is 16.4. The monoisotopic (exact) mass is 289 g/mol. The molecule has 0 N–H and O–H groups in total. The van der Waals surface area contributed by atoms with Crippen molar-refractivity contribution in [1.82, 2.24) is 4.98 Å². The van der Waals surface area contributed by atoms with Crippen molar-refractivity contribution in [3.63, 3.8) is 0 Å². The molecule has 116 valence electrons. The maximum atomic E-state index is 11.2. The fourth-order valence-corrected chi connectivity index (χ4v) is 1.13. The van der Waals surface area contributed by atoms with Crippen LogP contribution in [0, 0.1) is 6.92 Å². The van der Waals surface area contributed by atoms with E-state index in [1.165, 1.54) is 0 Å². The number of benzene rings is 1. The summed E-state index contributed by atoms with van der Waals surface area (Å²) in [6.45, 7) is 18.6. The quantitative estimate of drug-likeness (QED) is 0.669. The van der Waals surface area contributed by atoms with Crippen LogP contribution in [0.5, 0.6) is 0 Å². The molecule has 0 fully saturated rings. The molecule has 2 aromatic rings. The number of para-hydroxylation sites is 1. The highest BCUT2D eigenvalue weighted by Gasteiger charge is 2.00. The zero-order chi connectivity index (χ0) is 16.8. The van der Waals surface area contributed by atoms with E-state index in [0.717, 1.165) is 5.57 Å². The van der Waals surface area contributed by atoms with Gasteiger partial charge in [0.1, 0.15) is 0 Å². The highest BCUT2D eigenvalue weighted by molar-refractivity contribution is 5.76. The molecular weight excluding hydrogens is 262 g/mol. The zero-order valence-corrected chi connectivity index (χ0v) is 14.1. The van der Waals surface area contributed by atoms with E-state index >= 15 is 0 Å². The molecule has 1 aromatic heterocycles. The van der Waals surface area contributed by atoms with E-state index in [0.29, 0.717) is 16.8 Å². The van der Waals surface area contributed by atoms with Crippen LogP contribution in [0.25, 0.3) is 10.9 Å². The van der Waals surface area contributed by atoms with Crippen LogP contribution in [0.15, 0.2) is 58.3 Å². The molecule has 0 bridgehead atoms. The Kier molecular flexibility index (Phi) is 12.9. The Bertz CT molecular complexity index is 597. The normalized spacial score (nSPS) is 8.10. The number of rotatable bonds is 1. The second-order valence-electron chi connectivity index (χ2n) is 3.59. The van der Waals surface area contributed by atoms with Crippen LogP contribution in [-0.4, -0.2) is 4.98 Å². The van der Waals surface area contributed by atoms with Crippen LogP contribution in [-0.2, 0) is 0 Å². The van der Waals surface area contributed by atoms with Gasteiger partial charge in [-0.25, -0.2) is 9.78 Å². The predicted molar refractivity (Wildman–Crippen MR) is 92.7 cm³/mol. The van der Waals surface area contributed by atoms with Crippen LogP contribution in [0.2, 0.25) is 0 Å². The molecule has 0 atom stereocenters. The minimum Gasteiger partial charge on any atom is -0.408 e. The number of allylic oxidation sites excluding steroid dienone is 2. The number of fused-ring (bicyclic) bond motifs is 1. The van der Waals surface area contributed by atoms with Gasteiger partial charge in [0.25, 0.3) is 0 Å². The van der Waals surface area contributed by atoms with Gasteiger partial charge in [-0.05, 0) is 19.1 Å². The lowest BCUT2D eigenvalue weighted by Gasteiger charge is -1.94. The van der Waals surface area contributed by atoms with Crippen LogP contribution < -0.4 is 5.63 Å². The molecule has 2 rings (SSSR count). The fourth-order valence-electron chi connectivity index (χ4n) is 1.13. The summed E-state index contributed by atoms with van der Waals surface area (Å²) < 4.78 is 4.82. The first kappa shape index (κ1) is 21.1. The van der Waals surface area contributed by atoms with Crippen molar-refractivity contribution >= 4 is 10.9 Å². The summed E-state index contributed by atoms with van der Waals surface area (Å²) in [6.07, 6.45) is 1.72.